The van der Waals surface area contributed by atoms with E-state index in [0.29, 0.717) is 6.42 Å². The molecule has 1 heterocycles. The van der Waals surface area contributed by atoms with Gasteiger partial charge in [0, 0.05) is 5.69 Å². The standard InChI is InChI=1S/C16H26N2O3/c1-10(16(20)21)9-13-11(2)17-18(12(13)3)14-7-5-4-6-8-15(14)19/h10,14-15,19H,4-9H2,1-3H3,(H,20,21). The first-order valence-corrected chi connectivity index (χ1v) is 7.87. The molecule has 5 heteroatoms. The predicted octanol–water partition coefficient (Wildman–Crippen LogP) is 2.63. The summed E-state index contributed by atoms with van der Waals surface area (Å²) in [5, 5.41) is 24.0. The largest absolute Gasteiger partial charge is 0.481 e. The van der Waals surface area contributed by atoms with Gasteiger partial charge in [-0.2, -0.15) is 5.10 Å². The summed E-state index contributed by atoms with van der Waals surface area (Å²) >= 11 is 0. The average molecular weight is 294 g/mol. The highest BCUT2D eigenvalue weighted by Gasteiger charge is 2.27. The van der Waals surface area contributed by atoms with E-state index < -0.39 is 11.9 Å². The van der Waals surface area contributed by atoms with Gasteiger partial charge in [-0.05, 0) is 38.7 Å². The maximum Gasteiger partial charge on any atom is 0.306 e. The van der Waals surface area contributed by atoms with E-state index in [4.69, 9.17) is 5.11 Å². The maximum absolute atomic E-state index is 11.1. The Labute approximate surface area is 126 Å². The third-order valence-corrected chi connectivity index (χ3v) is 4.66. The van der Waals surface area contributed by atoms with Crippen LogP contribution in [-0.4, -0.2) is 32.1 Å². The number of aryl methyl sites for hydroxylation is 1. The van der Waals surface area contributed by atoms with Crippen LogP contribution in [0.1, 0.15) is 62.0 Å². The molecule has 1 aromatic rings. The minimum atomic E-state index is -0.781. The van der Waals surface area contributed by atoms with E-state index in [9.17, 15) is 9.90 Å². The number of nitrogens with zero attached hydrogens (tertiary/aromatic N) is 2. The normalized spacial score (nSPS) is 24.6. The van der Waals surface area contributed by atoms with Crippen molar-refractivity contribution >= 4 is 5.97 Å². The summed E-state index contributed by atoms with van der Waals surface area (Å²) in [5.74, 6) is -1.20. The highest BCUT2D eigenvalue weighted by Crippen LogP contribution is 2.30. The lowest BCUT2D eigenvalue weighted by Crippen LogP contribution is -2.25. The minimum absolute atomic E-state index is 0.0279. The molecule has 2 N–H and O–H groups in total. The Bertz CT molecular complexity index is 510. The molecule has 0 aromatic carbocycles. The molecule has 0 radical (unpaired) electrons. The zero-order valence-electron chi connectivity index (χ0n) is 13.2. The molecule has 0 amide bonds. The highest BCUT2D eigenvalue weighted by atomic mass is 16.4. The monoisotopic (exact) mass is 294 g/mol. The number of hydrogen-bond acceptors (Lipinski definition) is 3. The number of hydrogen-bond donors (Lipinski definition) is 2. The van der Waals surface area contributed by atoms with E-state index in [1.54, 1.807) is 6.92 Å². The second-order valence-electron chi connectivity index (χ2n) is 6.31. The lowest BCUT2D eigenvalue weighted by Gasteiger charge is -2.22. The predicted molar refractivity (Wildman–Crippen MR) is 80.3 cm³/mol. The molecule has 1 fully saturated rings. The van der Waals surface area contributed by atoms with Gasteiger partial charge in [0.15, 0.2) is 0 Å². The summed E-state index contributed by atoms with van der Waals surface area (Å²) in [6, 6.07) is 0.0279. The number of rotatable bonds is 4. The van der Waals surface area contributed by atoms with Crippen LogP contribution in [0.4, 0.5) is 0 Å². The van der Waals surface area contributed by atoms with Gasteiger partial charge in [-0.3, -0.25) is 9.48 Å². The Hall–Kier alpha value is -1.36. The molecule has 21 heavy (non-hydrogen) atoms. The topological polar surface area (TPSA) is 75.3 Å². The molecule has 3 atom stereocenters. The second kappa shape index (κ2) is 6.60. The van der Waals surface area contributed by atoms with Crippen LogP contribution < -0.4 is 0 Å². The van der Waals surface area contributed by atoms with Crippen molar-refractivity contribution in [3.05, 3.63) is 17.0 Å². The summed E-state index contributed by atoms with van der Waals surface area (Å²) in [6.07, 6.45) is 5.25. The molecule has 5 nitrogen and oxygen atoms in total. The van der Waals surface area contributed by atoms with Gasteiger partial charge in [-0.15, -0.1) is 0 Å². The average Bonchev–Trinajstić information content (AvgIpc) is 2.61. The van der Waals surface area contributed by atoms with E-state index >= 15 is 0 Å². The Balaban J connectivity index is 2.27. The van der Waals surface area contributed by atoms with Crippen molar-refractivity contribution in [2.75, 3.05) is 0 Å². The van der Waals surface area contributed by atoms with Gasteiger partial charge in [-0.1, -0.05) is 26.2 Å². The van der Waals surface area contributed by atoms with E-state index in [1.807, 2.05) is 18.5 Å². The number of aliphatic hydroxyl groups is 1. The van der Waals surface area contributed by atoms with Crippen molar-refractivity contribution in [3.8, 4) is 0 Å². The zero-order valence-corrected chi connectivity index (χ0v) is 13.2. The van der Waals surface area contributed by atoms with Gasteiger partial charge in [0.25, 0.3) is 0 Å². The summed E-state index contributed by atoms with van der Waals surface area (Å²) in [6.45, 7) is 5.64. The van der Waals surface area contributed by atoms with Crippen molar-refractivity contribution in [2.24, 2.45) is 5.92 Å². The number of carboxylic acid groups (broad SMARTS) is 1. The molecule has 1 saturated carbocycles. The Morgan fingerprint density at radius 2 is 2.00 bits per heavy atom. The summed E-state index contributed by atoms with van der Waals surface area (Å²) in [4.78, 5) is 11.1. The number of aliphatic hydroxyl groups excluding tert-OH is 1. The van der Waals surface area contributed by atoms with E-state index in [0.717, 1.165) is 49.1 Å². The van der Waals surface area contributed by atoms with Crippen molar-refractivity contribution in [1.29, 1.82) is 0 Å². The van der Waals surface area contributed by atoms with Crippen LogP contribution in [0.5, 0.6) is 0 Å². The third kappa shape index (κ3) is 3.46. The van der Waals surface area contributed by atoms with Crippen LogP contribution in [-0.2, 0) is 11.2 Å². The lowest BCUT2D eigenvalue weighted by molar-refractivity contribution is -0.141. The smallest absolute Gasteiger partial charge is 0.306 e. The highest BCUT2D eigenvalue weighted by molar-refractivity contribution is 5.70. The maximum atomic E-state index is 11.1. The summed E-state index contributed by atoms with van der Waals surface area (Å²) in [7, 11) is 0. The number of carbonyl (C=O) groups is 1. The molecule has 118 valence electrons. The van der Waals surface area contributed by atoms with Gasteiger partial charge < -0.3 is 10.2 Å². The summed E-state index contributed by atoms with van der Waals surface area (Å²) in [5.41, 5.74) is 2.91. The first-order valence-electron chi connectivity index (χ1n) is 7.87. The Kier molecular flexibility index (Phi) is 5.04. The van der Waals surface area contributed by atoms with Crippen molar-refractivity contribution in [1.82, 2.24) is 9.78 Å². The fourth-order valence-electron chi connectivity index (χ4n) is 3.26. The first-order chi connectivity index (χ1) is 9.91. The third-order valence-electron chi connectivity index (χ3n) is 4.66. The lowest BCUT2D eigenvalue weighted by atomic mass is 9.99. The second-order valence-corrected chi connectivity index (χ2v) is 6.31. The molecular weight excluding hydrogens is 268 g/mol. The van der Waals surface area contributed by atoms with Gasteiger partial charge in [-0.25, -0.2) is 0 Å². The number of aliphatic carboxylic acids is 1. The van der Waals surface area contributed by atoms with Crippen LogP contribution >= 0.6 is 0 Å². The van der Waals surface area contributed by atoms with E-state index in [2.05, 4.69) is 5.10 Å². The first kappa shape index (κ1) is 16.0. The molecule has 0 spiro atoms. The molecule has 1 aromatic heterocycles. The quantitative estimate of drug-likeness (QED) is 0.837. The molecule has 0 aliphatic heterocycles. The van der Waals surface area contributed by atoms with Gasteiger partial charge in [0.05, 0.1) is 23.8 Å². The molecule has 1 aliphatic carbocycles. The van der Waals surface area contributed by atoms with E-state index in [-0.39, 0.29) is 12.1 Å². The van der Waals surface area contributed by atoms with Crippen LogP contribution in [0.25, 0.3) is 0 Å². The number of aromatic nitrogens is 2. The zero-order chi connectivity index (χ0) is 15.6. The fraction of sp³-hybridized carbons (Fsp3) is 0.750. The van der Waals surface area contributed by atoms with Gasteiger partial charge in [0.2, 0.25) is 0 Å². The molecule has 1 aliphatic rings. The van der Waals surface area contributed by atoms with Crippen LogP contribution in [0.3, 0.4) is 0 Å². The number of carboxylic acids is 1. The minimum Gasteiger partial charge on any atom is -0.481 e. The molecule has 0 saturated heterocycles. The van der Waals surface area contributed by atoms with Gasteiger partial charge >= 0.3 is 5.97 Å². The van der Waals surface area contributed by atoms with Crippen LogP contribution in [0.2, 0.25) is 0 Å². The van der Waals surface area contributed by atoms with Crippen molar-refractivity contribution < 1.29 is 15.0 Å². The van der Waals surface area contributed by atoms with E-state index in [1.165, 1.54) is 0 Å². The fourth-order valence-corrected chi connectivity index (χ4v) is 3.26. The van der Waals surface area contributed by atoms with Gasteiger partial charge in [0.1, 0.15) is 0 Å². The Morgan fingerprint density at radius 1 is 1.33 bits per heavy atom. The Morgan fingerprint density at radius 3 is 2.67 bits per heavy atom. The molecular formula is C16H26N2O3. The molecule has 2 rings (SSSR count). The SMILES string of the molecule is Cc1nn(C2CCCCCC2O)c(C)c1CC(C)C(=O)O. The van der Waals surface area contributed by atoms with Crippen LogP contribution in [0.15, 0.2) is 0 Å². The van der Waals surface area contributed by atoms with Crippen LogP contribution in [0, 0.1) is 19.8 Å². The molecule has 0 bridgehead atoms. The van der Waals surface area contributed by atoms with Crippen molar-refractivity contribution in [2.45, 2.75) is 71.4 Å². The molecule has 3 unspecified atom stereocenters. The van der Waals surface area contributed by atoms with Crippen molar-refractivity contribution in [3.63, 3.8) is 0 Å². The summed E-state index contributed by atoms with van der Waals surface area (Å²) < 4.78 is 1.94.